The standard InChI is InChI=1S/C17H14O3S2/c1-10-5-3-4-6-13(10)21-15-12-9-11(20-2)7-8-14(12)22-16(15)17(18)19/h3-9H,1-2H3,(H,18,19). The van der Waals surface area contributed by atoms with Gasteiger partial charge in [-0.2, -0.15) is 0 Å². The highest BCUT2D eigenvalue weighted by molar-refractivity contribution is 8.00. The van der Waals surface area contributed by atoms with Gasteiger partial charge >= 0.3 is 5.97 Å². The highest BCUT2D eigenvalue weighted by atomic mass is 32.2. The minimum Gasteiger partial charge on any atom is -0.497 e. The average molecular weight is 330 g/mol. The van der Waals surface area contributed by atoms with Crippen molar-refractivity contribution in [3.63, 3.8) is 0 Å². The number of fused-ring (bicyclic) bond motifs is 1. The number of rotatable bonds is 4. The van der Waals surface area contributed by atoms with Crippen molar-refractivity contribution in [1.82, 2.24) is 0 Å². The lowest BCUT2D eigenvalue weighted by molar-refractivity contribution is 0.0699. The van der Waals surface area contributed by atoms with E-state index in [9.17, 15) is 9.90 Å². The molecular formula is C17H14O3S2. The van der Waals surface area contributed by atoms with Crippen LogP contribution in [0, 0.1) is 6.92 Å². The number of aromatic carboxylic acids is 1. The molecular weight excluding hydrogens is 316 g/mol. The van der Waals surface area contributed by atoms with E-state index in [2.05, 4.69) is 0 Å². The van der Waals surface area contributed by atoms with Crippen LogP contribution in [0.2, 0.25) is 0 Å². The zero-order valence-corrected chi connectivity index (χ0v) is 13.8. The molecule has 0 atom stereocenters. The van der Waals surface area contributed by atoms with Crippen molar-refractivity contribution < 1.29 is 14.6 Å². The van der Waals surface area contributed by atoms with Gasteiger partial charge in [-0.1, -0.05) is 30.0 Å². The smallest absolute Gasteiger partial charge is 0.347 e. The Bertz CT molecular complexity index is 852. The highest BCUT2D eigenvalue weighted by Crippen LogP contribution is 2.43. The number of ether oxygens (including phenoxy) is 1. The molecule has 1 heterocycles. The Morgan fingerprint density at radius 2 is 2.00 bits per heavy atom. The summed E-state index contributed by atoms with van der Waals surface area (Å²) in [6, 6.07) is 13.6. The summed E-state index contributed by atoms with van der Waals surface area (Å²) in [5, 5.41) is 10.4. The van der Waals surface area contributed by atoms with E-state index in [1.165, 1.54) is 23.1 Å². The van der Waals surface area contributed by atoms with Gasteiger partial charge < -0.3 is 9.84 Å². The first-order valence-electron chi connectivity index (χ1n) is 6.67. The molecule has 3 rings (SSSR count). The number of thiophene rings is 1. The van der Waals surface area contributed by atoms with E-state index in [4.69, 9.17) is 4.74 Å². The Labute approximate surface area is 136 Å². The number of hydrogen-bond donors (Lipinski definition) is 1. The fourth-order valence-electron chi connectivity index (χ4n) is 2.20. The van der Waals surface area contributed by atoms with Crippen molar-refractivity contribution in [2.75, 3.05) is 7.11 Å². The maximum absolute atomic E-state index is 11.6. The van der Waals surface area contributed by atoms with Crippen LogP contribution in [-0.2, 0) is 0 Å². The molecule has 2 aromatic carbocycles. The van der Waals surface area contributed by atoms with Gasteiger partial charge in [-0.05, 0) is 36.8 Å². The van der Waals surface area contributed by atoms with Gasteiger partial charge in [0.2, 0.25) is 0 Å². The lowest BCUT2D eigenvalue weighted by Crippen LogP contribution is -1.94. The number of carboxylic acid groups (broad SMARTS) is 1. The van der Waals surface area contributed by atoms with Crippen molar-refractivity contribution in [3.8, 4) is 5.75 Å². The zero-order chi connectivity index (χ0) is 15.7. The minimum atomic E-state index is -0.892. The Hall–Kier alpha value is -1.98. The van der Waals surface area contributed by atoms with Gasteiger partial charge in [0.15, 0.2) is 0 Å². The molecule has 1 N–H and O–H groups in total. The Morgan fingerprint density at radius 3 is 2.68 bits per heavy atom. The van der Waals surface area contributed by atoms with Crippen LogP contribution in [-0.4, -0.2) is 18.2 Å². The summed E-state index contributed by atoms with van der Waals surface area (Å²) in [5.41, 5.74) is 1.13. The molecule has 0 aliphatic heterocycles. The molecule has 0 aliphatic carbocycles. The third-order valence-corrected chi connectivity index (χ3v) is 5.94. The lowest BCUT2D eigenvalue weighted by atomic mass is 10.2. The number of benzene rings is 2. The van der Waals surface area contributed by atoms with Crippen LogP contribution in [0.15, 0.2) is 52.3 Å². The van der Waals surface area contributed by atoms with Crippen LogP contribution in [0.1, 0.15) is 15.2 Å². The summed E-state index contributed by atoms with van der Waals surface area (Å²) in [4.78, 5) is 13.8. The van der Waals surface area contributed by atoms with Crippen molar-refractivity contribution >= 4 is 39.2 Å². The second kappa shape index (κ2) is 6.02. The van der Waals surface area contributed by atoms with Gasteiger partial charge in [0.05, 0.1) is 7.11 Å². The molecule has 0 amide bonds. The average Bonchev–Trinajstić information content (AvgIpc) is 2.87. The quantitative estimate of drug-likeness (QED) is 0.725. The second-order valence-electron chi connectivity index (χ2n) is 4.80. The zero-order valence-electron chi connectivity index (χ0n) is 12.1. The first-order valence-corrected chi connectivity index (χ1v) is 8.30. The molecule has 5 heteroatoms. The third-order valence-electron chi connectivity index (χ3n) is 3.35. The van der Waals surface area contributed by atoms with Gasteiger partial charge in [0.1, 0.15) is 10.6 Å². The Morgan fingerprint density at radius 1 is 1.23 bits per heavy atom. The molecule has 112 valence electrons. The van der Waals surface area contributed by atoms with E-state index in [-0.39, 0.29) is 0 Å². The van der Waals surface area contributed by atoms with E-state index in [0.29, 0.717) is 4.88 Å². The summed E-state index contributed by atoms with van der Waals surface area (Å²) < 4.78 is 6.22. The minimum absolute atomic E-state index is 0.372. The number of carboxylic acids is 1. The molecule has 0 bridgehead atoms. The molecule has 3 nitrogen and oxygen atoms in total. The number of carbonyl (C=O) groups is 1. The second-order valence-corrected chi connectivity index (χ2v) is 6.90. The molecule has 0 saturated carbocycles. The summed E-state index contributed by atoms with van der Waals surface area (Å²) in [7, 11) is 1.61. The normalized spacial score (nSPS) is 10.8. The molecule has 22 heavy (non-hydrogen) atoms. The summed E-state index contributed by atoms with van der Waals surface area (Å²) in [5.74, 6) is -0.162. The Balaban J connectivity index is 2.19. The van der Waals surface area contributed by atoms with Gasteiger partial charge in [-0.3, -0.25) is 0 Å². The summed E-state index contributed by atoms with van der Waals surface area (Å²) in [6.45, 7) is 2.03. The first-order chi connectivity index (χ1) is 10.6. The van der Waals surface area contributed by atoms with Crippen molar-refractivity contribution in [1.29, 1.82) is 0 Å². The molecule has 0 fully saturated rings. The fraction of sp³-hybridized carbons (Fsp3) is 0.118. The van der Waals surface area contributed by atoms with Gasteiger partial charge in [0, 0.05) is 19.9 Å². The molecule has 1 aromatic heterocycles. The van der Waals surface area contributed by atoms with E-state index < -0.39 is 5.97 Å². The summed E-state index contributed by atoms with van der Waals surface area (Å²) in [6.07, 6.45) is 0. The van der Waals surface area contributed by atoms with Crippen LogP contribution in [0.3, 0.4) is 0 Å². The largest absolute Gasteiger partial charge is 0.497 e. The Kier molecular flexibility index (Phi) is 4.09. The van der Waals surface area contributed by atoms with E-state index >= 15 is 0 Å². The van der Waals surface area contributed by atoms with Crippen LogP contribution in [0.4, 0.5) is 0 Å². The van der Waals surface area contributed by atoms with Crippen LogP contribution in [0.25, 0.3) is 10.1 Å². The van der Waals surface area contributed by atoms with Gasteiger partial charge in [0.25, 0.3) is 0 Å². The van der Waals surface area contributed by atoms with Gasteiger partial charge in [-0.15, -0.1) is 11.3 Å². The molecule has 0 unspecified atom stereocenters. The SMILES string of the molecule is COc1ccc2sc(C(=O)O)c(Sc3ccccc3C)c2c1. The van der Waals surface area contributed by atoms with E-state index in [1.54, 1.807) is 7.11 Å². The summed E-state index contributed by atoms with van der Waals surface area (Å²) >= 11 is 2.80. The lowest BCUT2D eigenvalue weighted by Gasteiger charge is -2.06. The number of hydrogen-bond acceptors (Lipinski definition) is 4. The molecule has 0 spiro atoms. The maximum Gasteiger partial charge on any atom is 0.347 e. The third kappa shape index (κ3) is 2.69. The number of methoxy groups -OCH3 is 1. The number of aryl methyl sites for hydroxylation is 1. The predicted molar refractivity (Wildman–Crippen MR) is 90.6 cm³/mol. The van der Waals surface area contributed by atoms with Crippen molar-refractivity contribution in [2.24, 2.45) is 0 Å². The van der Waals surface area contributed by atoms with Crippen molar-refractivity contribution in [3.05, 3.63) is 52.9 Å². The fourth-order valence-corrected chi connectivity index (χ4v) is 4.49. The molecule has 0 saturated heterocycles. The van der Waals surface area contributed by atoms with Crippen LogP contribution < -0.4 is 4.74 Å². The molecule has 3 aromatic rings. The van der Waals surface area contributed by atoms with Gasteiger partial charge in [-0.25, -0.2) is 4.79 Å². The first kappa shape index (κ1) is 14.9. The maximum atomic E-state index is 11.6. The highest BCUT2D eigenvalue weighted by Gasteiger charge is 2.19. The predicted octanol–water partition coefficient (Wildman–Crippen LogP) is 5.07. The molecule has 0 radical (unpaired) electrons. The monoisotopic (exact) mass is 330 g/mol. The topological polar surface area (TPSA) is 46.5 Å². The van der Waals surface area contributed by atoms with E-state index in [0.717, 1.165) is 31.2 Å². The van der Waals surface area contributed by atoms with Crippen LogP contribution in [0.5, 0.6) is 5.75 Å². The van der Waals surface area contributed by atoms with E-state index in [1.807, 2.05) is 49.4 Å². The van der Waals surface area contributed by atoms with Crippen LogP contribution >= 0.6 is 23.1 Å². The molecule has 0 aliphatic rings. The van der Waals surface area contributed by atoms with Crippen molar-refractivity contribution in [2.45, 2.75) is 16.7 Å².